The number of carbonyl (C=O) groups excluding carboxylic acids is 1. The number of carbonyl (C=O) groups is 1. The number of halogens is 3. The molecule has 6 heteroatoms. The minimum atomic E-state index is -4.44. The molecule has 0 radical (unpaired) electrons. The minimum absolute atomic E-state index is 0.178. The van der Waals surface area contributed by atoms with Crippen LogP contribution < -0.4 is 5.32 Å². The van der Waals surface area contributed by atoms with Gasteiger partial charge in [-0.3, -0.25) is 0 Å². The van der Waals surface area contributed by atoms with Crippen LogP contribution in [0.15, 0.2) is 24.3 Å². The van der Waals surface area contributed by atoms with Crippen molar-refractivity contribution in [3.8, 4) is 0 Å². The Labute approximate surface area is 122 Å². The Hall–Kier alpha value is -1.56. The van der Waals surface area contributed by atoms with Crippen molar-refractivity contribution >= 4 is 5.97 Å². The van der Waals surface area contributed by atoms with Crippen molar-refractivity contribution in [2.75, 3.05) is 13.2 Å². The Bertz CT molecular complexity index is 472. The van der Waals surface area contributed by atoms with Crippen LogP contribution in [0.4, 0.5) is 13.2 Å². The molecule has 1 unspecified atom stereocenters. The van der Waals surface area contributed by atoms with Crippen molar-refractivity contribution in [1.82, 2.24) is 5.32 Å². The lowest BCUT2D eigenvalue weighted by molar-refractivity contribution is -0.146. The number of esters is 1. The molecule has 0 aromatic heterocycles. The van der Waals surface area contributed by atoms with Crippen LogP contribution >= 0.6 is 0 Å². The molecule has 1 aromatic rings. The molecule has 0 aliphatic carbocycles. The molecular formula is C15H20F3NO2. The Morgan fingerprint density at radius 3 is 2.52 bits per heavy atom. The van der Waals surface area contributed by atoms with Gasteiger partial charge in [0.2, 0.25) is 0 Å². The van der Waals surface area contributed by atoms with Gasteiger partial charge >= 0.3 is 12.1 Å². The molecule has 0 aliphatic rings. The van der Waals surface area contributed by atoms with Gasteiger partial charge < -0.3 is 10.1 Å². The highest BCUT2D eigenvalue weighted by Crippen LogP contribution is 2.31. The summed E-state index contributed by atoms with van der Waals surface area (Å²) in [4.78, 5) is 12.0. The fraction of sp³-hybridized carbons (Fsp3) is 0.533. The number of benzene rings is 1. The van der Waals surface area contributed by atoms with Crippen molar-refractivity contribution in [2.24, 2.45) is 5.92 Å². The van der Waals surface area contributed by atoms with Crippen LogP contribution in [-0.2, 0) is 15.7 Å². The summed E-state index contributed by atoms with van der Waals surface area (Å²) in [5.74, 6) is -0.315. The number of hydrogen-bond donors (Lipinski definition) is 1. The fourth-order valence-electron chi connectivity index (χ4n) is 1.81. The summed E-state index contributed by atoms with van der Waals surface area (Å²) in [5, 5.41) is 2.96. The topological polar surface area (TPSA) is 38.3 Å². The molecule has 0 saturated heterocycles. The predicted octanol–water partition coefficient (Wildman–Crippen LogP) is 3.56. The fourth-order valence-corrected chi connectivity index (χ4v) is 1.81. The van der Waals surface area contributed by atoms with Gasteiger partial charge in [-0.05, 0) is 37.1 Å². The van der Waals surface area contributed by atoms with Gasteiger partial charge in [0.1, 0.15) is 6.04 Å². The maximum absolute atomic E-state index is 12.8. The van der Waals surface area contributed by atoms with E-state index < -0.39 is 23.8 Å². The molecule has 0 amide bonds. The van der Waals surface area contributed by atoms with E-state index in [0.29, 0.717) is 6.54 Å². The Balaban J connectivity index is 3.04. The first-order chi connectivity index (χ1) is 9.75. The van der Waals surface area contributed by atoms with Crippen LogP contribution in [0.5, 0.6) is 0 Å². The molecular weight excluding hydrogens is 283 g/mol. The van der Waals surface area contributed by atoms with Gasteiger partial charge in [0.25, 0.3) is 0 Å². The summed E-state index contributed by atoms with van der Waals surface area (Å²) in [6.45, 7) is 6.23. The van der Waals surface area contributed by atoms with Crippen LogP contribution in [0.3, 0.4) is 0 Å². The summed E-state index contributed by atoms with van der Waals surface area (Å²) in [6, 6.07) is 3.85. The van der Waals surface area contributed by atoms with Crippen molar-refractivity contribution in [3.63, 3.8) is 0 Å². The van der Waals surface area contributed by atoms with Gasteiger partial charge in [0.05, 0.1) is 12.2 Å². The van der Waals surface area contributed by atoms with Gasteiger partial charge in [0, 0.05) is 0 Å². The molecule has 1 rings (SSSR count). The second-order valence-corrected chi connectivity index (χ2v) is 5.11. The number of alkyl halides is 3. The zero-order valence-electron chi connectivity index (χ0n) is 12.3. The normalized spacial score (nSPS) is 13.3. The van der Waals surface area contributed by atoms with E-state index in [9.17, 15) is 18.0 Å². The summed E-state index contributed by atoms with van der Waals surface area (Å²) >= 11 is 0. The third kappa shape index (κ3) is 5.38. The molecule has 118 valence electrons. The summed E-state index contributed by atoms with van der Waals surface area (Å²) in [7, 11) is 0. The van der Waals surface area contributed by atoms with E-state index in [1.165, 1.54) is 12.1 Å². The molecule has 0 fully saturated rings. The molecule has 0 spiro atoms. The van der Waals surface area contributed by atoms with Crippen LogP contribution in [0.1, 0.15) is 37.9 Å². The highest BCUT2D eigenvalue weighted by atomic mass is 19.4. The SMILES string of the molecule is CCOC(=O)C(NCC(C)C)c1cccc(C(F)(F)F)c1. The first kappa shape index (κ1) is 17.5. The highest BCUT2D eigenvalue weighted by molar-refractivity contribution is 5.77. The lowest BCUT2D eigenvalue weighted by Gasteiger charge is -2.20. The second kappa shape index (κ2) is 7.45. The zero-order chi connectivity index (χ0) is 16.0. The van der Waals surface area contributed by atoms with Crippen molar-refractivity contribution in [2.45, 2.75) is 33.0 Å². The number of rotatable bonds is 6. The van der Waals surface area contributed by atoms with E-state index in [2.05, 4.69) is 5.32 Å². The first-order valence-electron chi connectivity index (χ1n) is 6.82. The maximum atomic E-state index is 12.8. The van der Waals surface area contributed by atoms with Crippen molar-refractivity contribution in [1.29, 1.82) is 0 Å². The summed E-state index contributed by atoms with van der Waals surface area (Å²) in [6.07, 6.45) is -4.44. The largest absolute Gasteiger partial charge is 0.465 e. The maximum Gasteiger partial charge on any atom is 0.416 e. The van der Waals surface area contributed by atoms with E-state index in [-0.39, 0.29) is 18.1 Å². The average molecular weight is 303 g/mol. The molecule has 1 N–H and O–H groups in total. The summed E-state index contributed by atoms with van der Waals surface area (Å²) < 4.78 is 43.2. The van der Waals surface area contributed by atoms with Crippen LogP contribution in [0, 0.1) is 5.92 Å². The van der Waals surface area contributed by atoms with E-state index in [0.717, 1.165) is 12.1 Å². The van der Waals surface area contributed by atoms with Crippen LogP contribution in [0.25, 0.3) is 0 Å². The van der Waals surface area contributed by atoms with Gasteiger partial charge in [-0.2, -0.15) is 13.2 Å². The third-order valence-corrected chi connectivity index (χ3v) is 2.80. The number of hydrogen-bond acceptors (Lipinski definition) is 3. The summed E-state index contributed by atoms with van der Waals surface area (Å²) in [5.41, 5.74) is -0.524. The minimum Gasteiger partial charge on any atom is -0.465 e. The molecule has 1 aromatic carbocycles. The van der Waals surface area contributed by atoms with Crippen molar-refractivity contribution in [3.05, 3.63) is 35.4 Å². The van der Waals surface area contributed by atoms with Crippen molar-refractivity contribution < 1.29 is 22.7 Å². The Morgan fingerprint density at radius 2 is 2.00 bits per heavy atom. The lowest BCUT2D eigenvalue weighted by Crippen LogP contribution is -2.33. The average Bonchev–Trinajstić information content (AvgIpc) is 2.38. The Morgan fingerprint density at radius 1 is 1.33 bits per heavy atom. The predicted molar refractivity (Wildman–Crippen MR) is 73.7 cm³/mol. The molecule has 3 nitrogen and oxygen atoms in total. The van der Waals surface area contributed by atoms with E-state index in [4.69, 9.17) is 4.74 Å². The van der Waals surface area contributed by atoms with E-state index in [1.807, 2.05) is 13.8 Å². The molecule has 21 heavy (non-hydrogen) atoms. The quantitative estimate of drug-likeness (QED) is 0.817. The number of ether oxygens (including phenoxy) is 1. The monoisotopic (exact) mass is 303 g/mol. The van der Waals surface area contributed by atoms with Crippen LogP contribution in [0.2, 0.25) is 0 Å². The lowest BCUT2D eigenvalue weighted by atomic mass is 10.0. The third-order valence-electron chi connectivity index (χ3n) is 2.80. The molecule has 1 atom stereocenters. The van der Waals surface area contributed by atoms with Gasteiger partial charge in [-0.1, -0.05) is 26.0 Å². The van der Waals surface area contributed by atoms with Gasteiger partial charge in [0.15, 0.2) is 0 Å². The molecule has 0 saturated carbocycles. The molecule has 0 aliphatic heterocycles. The highest BCUT2D eigenvalue weighted by Gasteiger charge is 2.32. The van der Waals surface area contributed by atoms with Gasteiger partial charge in [-0.15, -0.1) is 0 Å². The molecule has 0 bridgehead atoms. The number of nitrogens with one attached hydrogen (secondary N) is 1. The zero-order valence-corrected chi connectivity index (χ0v) is 12.3. The smallest absolute Gasteiger partial charge is 0.416 e. The Kier molecular flexibility index (Phi) is 6.20. The molecule has 0 heterocycles. The van der Waals surface area contributed by atoms with E-state index in [1.54, 1.807) is 6.92 Å². The second-order valence-electron chi connectivity index (χ2n) is 5.11. The van der Waals surface area contributed by atoms with Gasteiger partial charge in [-0.25, -0.2) is 4.79 Å². The standard InChI is InChI=1S/C15H20F3NO2/c1-4-21-14(20)13(19-9-10(2)3)11-6-5-7-12(8-11)15(16,17)18/h5-8,10,13,19H,4,9H2,1-3H3. The first-order valence-corrected chi connectivity index (χ1v) is 6.82. The van der Waals surface area contributed by atoms with E-state index >= 15 is 0 Å². The van der Waals surface area contributed by atoms with Crippen LogP contribution in [-0.4, -0.2) is 19.1 Å².